The first-order valence-electron chi connectivity index (χ1n) is 4.92. The number of alkyl carbamates (subject to hydrolysis) is 1. The molecule has 1 atom stereocenters. The summed E-state index contributed by atoms with van der Waals surface area (Å²) in [4.78, 5) is 22.3. The first-order chi connectivity index (χ1) is 7.61. The zero-order chi connectivity index (χ0) is 12.4. The predicted molar refractivity (Wildman–Crippen MR) is 55.9 cm³/mol. The van der Waals surface area contributed by atoms with Crippen LogP contribution in [0.4, 0.5) is 4.79 Å². The van der Waals surface area contributed by atoms with Crippen molar-refractivity contribution < 1.29 is 24.2 Å². The molecule has 0 spiro atoms. The maximum atomic E-state index is 11.3. The van der Waals surface area contributed by atoms with Gasteiger partial charge in [-0.2, -0.15) is 0 Å². The highest BCUT2D eigenvalue weighted by atomic mass is 16.6. The van der Waals surface area contributed by atoms with Crippen LogP contribution < -0.4 is 10.6 Å². The van der Waals surface area contributed by atoms with Crippen molar-refractivity contribution in [2.24, 2.45) is 0 Å². The van der Waals surface area contributed by atoms with Crippen molar-refractivity contribution in [3.63, 3.8) is 0 Å². The summed E-state index contributed by atoms with van der Waals surface area (Å²) in [6.07, 6.45) is -0.733. The van der Waals surface area contributed by atoms with Gasteiger partial charge >= 0.3 is 6.09 Å². The second-order valence-corrected chi connectivity index (χ2v) is 3.01. The minimum Gasteiger partial charge on any atom is -0.447 e. The van der Waals surface area contributed by atoms with Gasteiger partial charge in [0.1, 0.15) is 12.6 Å². The van der Waals surface area contributed by atoms with Crippen molar-refractivity contribution in [2.45, 2.75) is 13.0 Å². The topological polar surface area (TPSA) is 96.9 Å². The monoisotopic (exact) mass is 234 g/mol. The molecule has 0 bridgehead atoms. The van der Waals surface area contributed by atoms with E-state index in [9.17, 15) is 9.59 Å². The minimum atomic E-state index is -0.733. The number of carbonyl (C=O) groups excluding carboxylic acids is 2. The number of amides is 2. The van der Waals surface area contributed by atoms with Crippen molar-refractivity contribution in [1.82, 2.24) is 10.6 Å². The van der Waals surface area contributed by atoms with Crippen LogP contribution in [0.1, 0.15) is 6.92 Å². The molecular weight excluding hydrogens is 216 g/mol. The van der Waals surface area contributed by atoms with E-state index in [4.69, 9.17) is 9.84 Å². The minimum absolute atomic E-state index is 0.0934. The number of ether oxygens (including phenoxy) is 2. The molecule has 16 heavy (non-hydrogen) atoms. The summed E-state index contributed by atoms with van der Waals surface area (Å²) in [5.41, 5.74) is 0. The fourth-order valence-electron chi connectivity index (χ4n) is 0.852. The van der Waals surface area contributed by atoms with E-state index < -0.39 is 12.1 Å². The molecule has 7 nitrogen and oxygen atoms in total. The van der Waals surface area contributed by atoms with Crippen LogP contribution in [0.15, 0.2) is 0 Å². The number of methoxy groups -OCH3 is 1. The Balaban J connectivity index is 3.73. The van der Waals surface area contributed by atoms with Gasteiger partial charge < -0.3 is 25.2 Å². The lowest BCUT2D eigenvalue weighted by atomic mass is 10.3. The lowest BCUT2D eigenvalue weighted by Crippen LogP contribution is -2.45. The van der Waals surface area contributed by atoms with Gasteiger partial charge in [-0.15, -0.1) is 0 Å². The standard InChI is InChI=1S/C9H18N2O5/c1-7(8(13)10-3-5-15-2)11-9(14)16-6-4-12/h7,12H,3-6H2,1-2H3,(H,10,13)(H,11,14). The Morgan fingerprint density at radius 3 is 2.62 bits per heavy atom. The van der Waals surface area contributed by atoms with Crippen LogP contribution in [0.2, 0.25) is 0 Å². The fraction of sp³-hybridized carbons (Fsp3) is 0.778. The van der Waals surface area contributed by atoms with Gasteiger partial charge in [0.25, 0.3) is 0 Å². The molecule has 0 aliphatic heterocycles. The molecule has 1 unspecified atom stereocenters. The number of rotatable bonds is 7. The Morgan fingerprint density at radius 2 is 2.06 bits per heavy atom. The van der Waals surface area contributed by atoms with E-state index >= 15 is 0 Å². The largest absolute Gasteiger partial charge is 0.447 e. The van der Waals surface area contributed by atoms with Crippen LogP contribution >= 0.6 is 0 Å². The second-order valence-electron chi connectivity index (χ2n) is 3.01. The van der Waals surface area contributed by atoms with E-state index in [1.165, 1.54) is 14.0 Å². The molecule has 7 heteroatoms. The average molecular weight is 234 g/mol. The molecule has 0 heterocycles. The predicted octanol–water partition coefficient (Wildman–Crippen LogP) is -1.14. The number of carbonyl (C=O) groups is 2. The Kier molecular flexibility index (Phi) is 8.18. The van der Waals surface area contributed by atoms with Crippen LogP contribution in [0.3, 0.4) is 0 Å². The van der Waals surface area contributed by atoms with Crippen molar-refractivity contribution in [3.8, 4) is 0 Å². The van der Waals surface area contributed by atoms with Crippen LogP contribution in [-0.2, 0) is 14.3 Å². The molecular formula is C9H18N2O5. The van der Waals surface area contributed by atoms with Crippen molar-refractivity contribution in [2.75, 3.05) is 33.5 Å². The highest BCUT2D eigenvalue weighted by Crippen LogP contribution is 1.85. The number of aliphatic hydroxyl groups is 1. The lowest BCUT2D eigenvalue weighted by molar-refractivity contribution is -0.122. The highest BCUT2D eigenvalue weighted by molar-refractivity contribution is 5.85. The molecule has 94 valence electrons. The lowest BCUT2D eigenvalue weighted by Gasteiger charge is -2.13. The smallest absolute Gasteiger partial charge is 0.407 e. The number of hydrogen-bond donors (Lipinski definition) is 3. The summed E-state index contributed by atoms with van der Waals surface area (Å²) in [5, 5.41) is 13.3. The van der Waals surface area contributed by atoms with Gasteiger partial charge in [-0.05, 0) is 6.92 Å². The first-order valence-corrected chi connectivity index (χ1v) is 4.92. The van der Waals surface area contributed by atoms with Crippen LogP contribution in [0.25, 0.3) is 0 Å². The van der Waals surface area contributed by atoms with Gasteiger partial charge in [-0.25, -0.2) is 4.79 Å². The molecule has 3 N–H and O–H groups in total. The summed E-state index contributed by atoms with van der Waals surface area (Å²) in [6, 6.07) is -0.692. The first kappa shape index (κ1) is 14.7. The summed E-state index contributed by atoms with van der Waals surface area (Å²) in [7, 11) is 1.53. The van der Waals surface area contributed by atoms with Gasteiger partial charge in [0.05, 0.1) is 13.2 Å². The van der Waals surface area contributed by atoms with Gasteiger partial charge in [0, 0.05) is 13.7 Å². The second kappa shape index (κ2) is 8.93. The van der Waals surface area contributed by atoms with Gasteiger partial charge in [0.2, 0.25) is 5.91 Å². The van der Waals surface area contributed by atoms with Crippen LogP contribution in [0, 0.1) is 0 Å². The summed E-state index contributed by atoms with van der Waals surface area (Å²) in [6.45, 7) is 1.98. The Bertz CT molecular complexity index is 222. The Labute approximate surface area is 94.1 Å². The third-order valence-electron chi connectivity index (χ3n) is 1.66. The molecule has 0 aromatic rings. The molecule has 0 saturated carbocycles. The number of aliphatic hydroxyl groups excluding tert-OH is 1. The molecule has 2 amide bonds. The van der Waals surface area contributed by atoms with E-state index in [-0.39, 0.29) is 19.1 Å². The van der Waals surface area contributed by atoms with E-state index in [1.807, 2.05) is 0 Å². The zero-order valence-electron chi connectivity index (χ0n) is 9.49. The maximum absolute atomic E-state index is 11.3. The molecule has 0 aliphatic carbocycles. The fourth-order valence-corrected chi connectivity index (χ4v) is 0.852. The van der Waals surface area contributed by atoms with Crippen molar-refractivity contribution in [1.29, 1.82) is 0 Å². The average Bonchev–Trinajstić information content (AvgIpc) is 2.26. The molecule has 0 fully saturated rings. The molecule has 0 radical (unpaired) electrons. The van der Waals surface area contributed by atoms with E-state index in [1.54, 1.807) is 0 Å². The quantitative estimate of drug-likeness (QED) is 0.484. The summed E-state index contributed by atoms with van der Waals surface area (Å²) in [5.74, 6) is -0.321. The highest BCUT2D eigenvalue weighted by Gasteiger charge is 2.15. The Hall–Kier alpha value is -1.34. The normalized spacial score (nSPS) is 11.7. The van der Waals surface area contributed by atoms with Crippen molar-refractivity contribution in [3.05, 3.63) is 0 Å². The van der Waals surface area contributed by atoms with Gasteiger partial charge in [-0.1, -0.05) is 0 Å². The van der Waals surface area contributed by atoms with E-state index in [2.05, 4.69) is 15.4 Å². The molecule has 0 aliphatic rings. The Morgan fingerprint density at radius 1 is 1.38 bits per heavy atom. The molecule has 0 aromatic carbocycles. The van der Waals surface area contributed by atoms with E-state index in [0.717, 1.165) is 0 Å². The van der Waals surface area contributed by atoms with Crippen molar-refractivity contribution >= 4 is 12.0 Å². The number of nitrogens with one attached hydrogen (secondary N) is 2. The maximum Gasteiger partial charge on any atom is 0.407 e. The third kappa shape index (κ3) is 7.02. The van der Waals surface area contributed by atoms with Crippen LogP contribution in [-0.4, -0.2) is 56.6 Å². The molecule has 0 aromatic heterocycles. The SMILES string of the molecule is COCCNC(=O)C(C)NC(=O)OCCO. The van der Waals surface area contributed by atoms with Gasteiger partial charge in [-0.3, -0.25) is 4.79 Å². The summed E-state index contributed by atoms with van der Waals surface area (Å²) < 4.78 is 9.28. The van der Waals surface area contributed by atoms with E-state index in [0.29, 0.717) is 13.2 Å². The molecule has 0 rings (SSSR count). The molecule has 0 saturated heterocycles. The van der Waals surface area contributed by atoms with Crippen LogP contribution in [0.5, 0.6) is 0 Å². The van der Waals surface area contributed by atoms with Gasteiger partial charge in [0.15, 0.2) is 0 Å². The number of hydrogen-bond acceptors (Lipinski definition) is 5. The zero-order valence-corrected chi connectivity index (χ0v) is 9.49. The summed E-state index contributed by atoms with van der Waals surface area (Å²) >= 11 is 0. The third-order valence-corrected chi connectivity index (χ3v) is 1.66.